The second kappa shape index (κ2) is 8.08. The van der Waals surface area contributed by atoms with Gasteiger partial charge in [0.1, 0.15) is 11.3 Å². The largest absolute Gasteiger partial charge is 0.459 e. The summed E-state index contributed by atoms with van der Waals surface area (Å²) >= 11 is 1.93. The van der Waals surface area contributed by atoms with E-state index in [1.165, 1.54) is 0 Å². The van der Waals surface area contributed by atoms with Crippen molar-refractivity contribution in [3.8, 4) is 0 Å². The molecule has 1 saturated heterocycles. The summed E-state index contributed by atoms with van der Waals surface area (Å²) in [5, 5.41) is 4.55. The topological polar surface area (TPSA) is 45.5 Å². The van der Waals surface area contributed by atoms with Crippen LogP contribution in [0.3, 0.4) is 0 Å². The van der Waals surface area contributed by atoms with Gasteiger partial charge < -0.3 is 14.6 Å². The van der Waals surface area contributed by atoms with Crippen molar-refractivity contribution >= 4 is 28.6 Å². The first-order chi connectivity index (χ1) is 11.7. The van der Waals surface area contributed by atoms with Gasteiger partial charge in [-0.25, -0.2) is 0 Å². The van der Waals surface area contributed by atoms with Crippen LogP contribution in [-0.2, 0) is 4.79 Å². The maximum absolute atomic E-state index is 12.9. The van der Waals surface area contributed by atoms with Gasteiger partial charge in [0.25, 0.3) is 0 Å². The van der Waals surface area contributed by atoms with Gasteiger partial charge in [-0.1, -0.05) is 25.1 Å². The molecule has 1 aliphatic rings. The summed E-state index contributed by atoms with van der Waals surface area (Å²) in [6.07, 6.45) is 1.51. The fourth-order valence-corrected chi connectivity index (χ4v) is 4.17. The van der Waals surface area contributed by atoms with Crippen LogP contribution in [0.5, 0.6) is 0 Å². The van der Waals surface area contributed by atoms with Gasteiger partial charge in [-0.2, -0.15) is 11.8 Å². The van der Waals surface area contributed by atoms with Crippen LogP contribution in [0, 0.1) is 0 Å². The van der Waals surface area contributed by atoms with E-state index < -0.39 is 0 Å². The molecule has 0 radical (unpaired) electrons. The van der Waals surface area contributed by atoms with Crippen LogP contribution in [0.15, 0.2) is 34.7 Å². The van der Waals surface area contributed by atoms with Crippen molar-refractivity contribution < 1.29 is 9.21 Å². The molecule has 0 spiro atoms. The van der Waals surface area contributed by atoms with Crippen molar-refractivity contribution in [2.24, 2.45) is 0 Å². The van der Waals surface area contributed by atoms with Crippen molar-refractivity contribution in [3.63, 3.8) is 0 Å². The highest BCUT2D eigenvalue weighted by Crippen LogP contribution is 2.28. The molecular weight excluding hydrogens is 320 g/mol. The van der Waals surface area contributed by atoms with Crippen molar-refractivity contribution in [3.05, 3.63) is 36.1 Å². The molecule has 5 heteroatoms. The normalized spacial score (nSPS) is 19.3. The van der Waals surface area contributed by atoms with E-state index in [0.717, 1.165) is 47.7 Å². The first kappa shape index (κ1) is 17.4. The standard InChI is InChI=1S/C19H26N2O2S/c1-3-9-21(19(22)12-16-13-24-10-8-20-16)14(2)18-11-15-6-4-5-7-17(15)23-18/h4-7,11,14,16,20H,3,8-10,12-13H2,1-2H3. The molecule has 24 heavy (non-hydrogen) atoms. The number of para-hydroxylation sites is 1. The highest BCUT2D eigenvalue weighted by atomic mass is 32.2. The number of hydrogen-bond donors (Lipinski definition) is 1. The van der Waals surface area contributed by atoms with Crippen LogP contribution in [0.4, 0.5) is 0 Å². The number of nitrogens with one attached hydrogen (secondary N) is 1. The Morgan fingerprint density at radius 1 is 1.46 bits per heavy atom. The van der Waals surface area contributed by atoms with E-state index in [4.69, 9.17) is 4.42 Å². The summed E-state index contributed by atoms with van der Waals surface area (Å²) in [4.78, 5) is 14.8. The Balaban J connectivity index is 1.74. The lowest BCUT2D eigenvalue weighted by Gasteiger charge is -2.30. The zero-order valence-electron chi connectivity index (χ0n) is 14.5. The molecule has 0 aliphatic carbocycles. The molecular formula is C19H26N2O2S. The summed E-state index contributed by atoms with van der Waals surface area (Å²) in [5.74, 6) is 3.23. The predicted octanol–water partition coefficient (Wildman–Crippen LogP) is 3.83. The molecule has 1 N–H and O–H groups in total. The van der Waals surface area contributed by atoms with Gasteiger partial charge in [-0.3, -0.25) is 4.79 Å². The van der Waals surface area contributed by atoms with E-state index in [-0.39, 0.29) is 11.9 Å². The molecule has 1 fully saturated rings. The average molecular weight is 346 g/mol. The lowest BCUT2D eigenvalue weighted by atomic mass is 10.1. The Labute approximate surface area is 148 Å². The van der Waals surface area contributed by atoms with E-state index in [0.29, 0.717) is 12.5 Å². The molecule has 0 saturated carbocycles. The second-order valence-electron chi connectivity index (χ2n) is 6.38. The highest BCUT2D eigenvalue weighted by Gasteiger charge is 2.26. The van der Waals surface area contributed by atoms with Gasteiger partial charge in [0, 0.05) is 42.4 Å². The van der Waals surface area contributed by atoms with E-state index in [2.05, 4.69) is 25.2 Å². The molecule has 1 amide bonds. The fourth-order valence-electron chi connectivity index (χ4n) is 3.22. The molecule has 130 valence electrons. The summed E-state index contributed by atoms with van der Waals surface area (Å²) in [7, 11) is 0. The fraction of sp³-hybridized carbons (Fsp3) is 0.526. The van der Waals surface area contributed by atoms with Crippen LogP contribution in [-0.4, -0.2) is 41.4 Å². The average Bonchev–Trinajstić information content (AvgIpc) is 3.04. The second-order valence-corrected chi connectivity index (χ2v) is 7.53. The molecule has 0 bridgehead atoms. The third kappa shape index (κ3) is 3.95. The third-order valence-corrected chi connectivity index (χ3v) is 5.66. The molecule has 3 rings (SSSR count). The van der Waals surface area contributed by atoms with E-state index in [1.54, 1.807) is 0 Å². The predicted molar refractivity (Wildman–Crippen MR) is 100 cm³/mol. The number of amides is 1. The van der Waals surface area contributed by atoms with E-state index >= 15 is 0 Å². The SMILES string of the molecule is CCCN(C(=O)CC1CSCCN1)C(C)c1cc2ccccc2o1. The van der Waals surface area contributed by atoms with Crippen molar-refractivity contribution in [1.82, 2.24) is 10.2 Å². The Kier molecular flexibility index (Phi) is 5.85. The summed E-state index contributed by atoms with van der Waals surface area (Å²) in [6.45, 7) is 5.93. The van der Waals surface area contributed by atoms with Gasteiger partial charge in [0.05, 0.1) is 6.04 Å². The van der Waals surface area contributed by atoms with Gasteiger partial charge in [0.15, 0.2) is 0 Å². The van der Waals surface area contributed by atoms with Crippen LogP contribution in [0.25, 0.3) is 11.0 Å². The first-order valence-electron chi connectivity index (χ1n) is 8.78. The number of carbonyl (C=O) groups is 1. The van der Waals surface area contributed by atoms with Crippen molar-refractivity contribution in [2.75, 3.05) is 24.6 Å². The number of carbonyl (C=O) groups excluding carboxylic acids is 1. The highest BCUT2D eigenvalue weighted by molar-refractivity contribution is 7.99. The van der Waals surface area contributed by atoms with Gasteiger partial charge in [-0.05, 0) is 25.5 Å². The lowest BCUT2D eigenvalue weighted by Crippen LogP contribution is -2.43. The smallest absolute Gasteiger partial charge is 0.224 e. The van der Waals surface area contributed by atoms with E-state index in [1.807, 2.05) is 40.9 Å². The van der Waals surface area contributed by atoms with Gasteiger partial charge in [-0.15, -0.1) is 0 Å². The van der Waals surface area contributed by atoms with Crippen molar-refractivity contribution in [2.45, 2.75) is 38.8 Å². The number of thioether (sulfide) groups is 1. The Hall–Kier alpha value is -1.46. The number of furan rings is 1. The Morgan fingerprint density at radius 2 is 2.29 bits per heavy atom. The molecule has 2 aromatic rings. The first-order valence-corrected chi connectivity index (χ1v) is 9.93. The zero-order valence-corrected chi connectivity index (χ0v) is 15.3. The number of rotatable bonds is 6. The summed E-state index contributed by atoms with van der Waals surface area (Å²) in [6, 6.07) is 10.3. The summed E-state index contributed by atoms with van der Waals surface area (Å²) in [5.41, 5.74) is 0.883. The minimum atomic E-state index is -0.0407. The van der Waals surface area contributed by atoms with Crippen LogP contribution < -0.4 is 5.32 Å². The number of hydrogen-bond acceptors (Lipinski definition) is 4. The molecule has 2 atom stereocenters. The minimum Gasteiger partial charge on any atom is -0.459 e. The molecule has 4 nitrogen and oxygen atoms in total. The van der Waals surface area contributed by atoms with Crippen LogP contribution in [0.1, 0.15) is 38.5 Å². The van der Waals surface area contributed by atoms with Gasteiger partial charge in [0.2, 0.25) is 5.91 Å². The Morgan fingerprint density at radius 3 is 3.00 bits per heavy atom. The monoisotopic (exact) mass is 346 g/mol. The maximum Gasteiger partial charge on any atom is 0.224 e. The molecule has 2 unspecified atom stereocenters. The molecule has 1 aromatic carbocycles. The molecule has 1 aromatic heterocycles. The summed E-state index contributed by atoms with van der Waals surface area (Å²) < 4.78 is 5.98. The van der Waals surface area contributed by atoms with Gasteiger partial charge >= 0.3 is 0 Å². The molecule has 1 aliphatic heterocycles. The number of fused-ring (bicyclic) bond motifs is 1. The lowest BCUT2D eigenvalue weighted by molar-refractivity contribution is -0.134. The van der Waals surface area contributed by atoms with Crippen LogP contribution in [0.2, 0.25) is 0 Å². The molecule has 2 heterocycles. The van der Waals surface area contributed by atoms with Crippen LogP contribution >= 0.6 is 11.8 Å². The Bertz CT molecular complexity index is 646. The minimum absolute atomic E-state index is 0.0407. The van der Waals surface area contributed by atoms with Crippen molar-refractivity contribution in [1.29, 1.82) is 0 Å². The number of nitrogens with zero attached hydrogens (tertiary/aromatic N) is 1. The third-order valence-electron chi connectivity index (χ3n) is 4.53. The van der Waals surface area contributed by atoms with E-state index in [9.17, 15) is 4.79 Å². The quantitative estimate of drug-likeness (QED) is 0.863. The maximum atomic E-state index is 12.9. The number of benzene rings is 1. The zero-order chi connectivity index (χ0) is 16.9.